The molecule has 0 heterocycles. The molecular weight excluding hydrogens is 198 g/mol. The van der Waals surface area contributed by atoms with Gasteiger partial charge in [0.05, 0.1) is 6.61 Å². The SMILES string of the molecule is CCC(C)NCCCOc1ccc(C)cc1. The van der Waals surface area contributed by atoms with E-state index in [1.54, 1.807) is 0 Å². The molecule has 1 rings (SSSR count). The Morgan fingerprint density at radius 1 is 1.25 bits per heavy atom. The molecule has 0 aliphatic heterocycles. The van der Waals surface area contributed by atoms with Crippen LogP contribution in [0.25, 0.3) is 0 Å². The van der Waals surface area contributed by atoms with Crippen molar-refractivity contribution in [3.63, 3.8) is 0 Å². The number of nitrogens with one attached hydrogen (secondary N) is 1. The first-order valence-corrected chi connectivity index (χ1v) is 6.15. The molecule has 0 aromatic heterocycles. The normalized spacial score (nSPS) is 12.4. The number of rotatable bonds is 7. The molecule has 0 aliphatic rings. The second-order valence-corrected chi connectivity index (χ2v) is 4.28. The predicted molar refractivity (Wildman–Crippen MR) is 69.0 cm³/mol. The van der Waals surface area contributed by atoms with Crippen LogP contribution in [0.1, 0.15) is 32.3 Å². The van der Waals surface area contributed by atoms with Crippen LogP contribution in [0.3, 0.4) is 0 Å². The molecule has 1 unspecified atom stereocenters. The van der Waals surface area contributed by atoms with Crippen LogP contribution in [0.4, 0.5) is 0 Å². The third-order valence-corrected chi connectivity index (χ3v) is 2.72. The Labute approximate surface area is 99.0 Å². The number of aryl methyl sites for hydroxylation is 1. The molecule has 16 heavy (non-hydrogen) atoms. The summed E-state index contributed by atoms with van der Waals surface area (Å²) >= 11 is 0. The van der Waals surface area contributed by atoms with Crippen molar-refractivity contribution >= 4 is 0 Å². The van der Waals surface area contributed by atoms with Gasteiger partial charge >= 0.3 is 0 Å². The van der Waals surface area contributed by atoms with Crippen molar-refractivity contribution in [1.29, 1.82) is 0 Å². The second kappa shape index (κ2) is 7.29. The highest BCUT2D eigenvalue weighted by molar-refractivity contribution is 5.26. The van der Waals surface area contributed by atoms with E-state index in [0.29, 0.717) is 6.04 Å². The molecule has 0 spiro atoms. The fourth-order valence-electron chi connectivity index (χ4n) is 1.39. The van der Waals surface area contributed by atoms with Crippen molar-refractivity contribution in [3.8, 4) is 5.75 Å². The molecule has 0 radical (unpaired) electrons. The van der Waals surface area contributed by atoms with Gasteiger partial charge < -0.3 is 10.1 Å². The Balaban J connectivity index is 2.09. The summed E-state index contributed by atoms with van der Waals surface area (Å²) in [6.45, 7) is 8.30. The lowest BCUT2D eigenvalue weighted by Crippen LogP contribution is -2.27. The molecular formula is C14H23NO. The molecule has 0 aliphatic carbocycles. The summed E-state index contributed by atoms with van der Waals surface area (Å²) in [5.74, 6) is 0.967. The largest absolute Gasteiger partial charge is 0.494 e. The van der Waals surface area contributed by atoms with Crippen LogP contribution in [0, 0.1) is 6.92 Å². The van der Waals surface area contributed by atoms with E-state index in [1.165, 1.54) is 12.0 Å². The summed E-state index contributed by atoms with van der Waals surface area (Å²) < 4.78 is 5.64. The maximum absolute atomic E-state index is 5.64. The first kappa shape index (κ1) is 13.0. The van der Waals surface area contributed by atoms with Crippen molar-refractivity contribution in [1.82, 2.24) is 5.32 Å². The first-order chi connectivity index (χ1) is 7.72. The van der Waals surface area contributed by atoms with Gasteiger partial charge in [-0.25, -0.2) is 0 Å². The van der Waals surface area contributed by atoms with Crippen molar-refractivity contribution in [2.24, 2.45) is 0 Å². The minimum absolute atomic E-state index is 0.611. The van der Waals surface area contributed by atoms with Crippen LogP contribution in [0.5, 0.6) is 5.75 Å². The average molecular weight is 221 g/mol. The van der Waals surface area contributed by atoms with Gasteiger partial charge in [0.1, 0.15) is 5.75 Å². The van der Waals surface area contributed by atoms with Gasteiger partial charge in [0.15, 0.2) is 0 Å². The second-order valence-electron chi connectivity index (χ2n) is 4.28. The van der Waals surface area contributed by atoms with Crippen molar-refractivity contribution in [3.05, 3.63) is 29.8 Å². The summed E-state index contributed by atoms with van der Waals surface area (Å²) in [6.07, 6.45) is 2.23. The maximum Gasteiger partial charge on any atom is 0.119 e. The van der Waals surface area contributed by atoms with Gasteiger partial charge in [0.2, 0.25) is 0 Å². The lowest BCUT2D eigenvalue weighted by atomic mass is 10.2. The van der Waals surface area contributed by atoms with Gasteiger partial charge in [-0.15, -0.1) is 0 Å². The van der Waals surface area contributed by atoms with E-state index in [-0.39, 0.29) is 0 Å². The summed E-state index contributed by atoms with van der Waals surface area (Å²) in [6, 6.07) is 8.81. The van der Waals surface area contributed by atoms with E-state index in [2.05, 4.69) is 38.2 Å². The van der Waals surface area contributed by atoms with Gasteiger partial charge in [0.25, 0.3) is 0 Å². The van der Waals surface area contributed by atoms with E-state index in [1.807, 2.05) is 12.1 Å². The van der Waals surface area contributed by atoms with Crippen molar-refractivity contribution in [2.45, 2.75) is 39.7 Å². The Bertz CT molecular complexity index is 281. The number of hydrogen-bond donors (Lipinski definition) is 1. The molecule has 0 bridgehead atoms. The topological polar surface area (TPSA) is 21.3 Å². The number of benzene rings is 1. The fourth-order valence-corrected chi connectivity index (χ4v) is 1.39. The highest BCUT2D eigenvalue weighted by Crippen LogP contribution is 2.11. The summed E-state index contributed by atoms with van der Waals surface area (Å²) in [7, 11) is 0. The van der Waals surface area contributed by atoms with Crippen LogP contribution in [0.15, 0.2) is 24.3 Å². The molecule has 2 nitrogen and oxygen atoms in total. The Morgan fingerprint density at radius 2 is 1.94 bits per heavy atom. The zero-order valence-corrected chi connectivity index (χ0v) is 10.6. The average Bonchev–Trinajstić information content (AvgIpc) is 2.31. The highest BCUT2D eigenvalue weighted by Gasteiger charge is 1.97. The highest BCUT2D eigenvalue weighted by atomic mass is 16.5. The molecule has 1 aromatic carbocycles. The fraction of sp³-hybridized carbons (Fsp3) is 0.571. The molecule has 1 aromatic rings. The maximum atomic E-state index is 5.64. The Hall–Kier alpha value is -1.02. The lowest BCUT2D eigenvalue weighted by Gasteiger charge is -2.11. The van der Waals surface area contributed by atoms with E-state index in [4.69, 9.17) is 4.74 Å². The van der Waals surface area contributed by atoms with E-state index in [0.717, 1.165) is 25.3 Å². The lowest BCUT2D eigenvalue weighted by molar-refractivity contribution is 0.305. The van der Waals surface area contributed by atoms with Gasteiger partial charge in [-0.05, 0) is 45.4 Å². The van der Waals surface area contributed by atoms with Crippen LogP contribution in [-0.2, 0) is 0 Å². The summed E-state index contributed by atoms with van der Waals surface area (Å²) in [5, 5.41) is 3.45. The van der Waals surface area contributed by atoms with Crippen LogP contribution in [0.2, 0.25) is 0 Å². The van der Waals surface area contributed by atoms with Gasteiger partial charge in [-0.2, -0.15) is 0 Å². The Morgan fingerprint density at radius 3 is 2.56 bits per heavy atom. The van der Waals surface area contributed by atoms with Gasteiger partial charge in [-0.3, -0.25) is 0 Å². The number of hydrogen-bond acceptors (Lipinski definition) is 2. The summed E-state index contributed by atoms with van der Waals surface area (Å²) in [5.41, 5.74) is 1.27. The molecule has 0 saturated carbocycles. The zero-order chi connectivity index (χ0) is 11.8. The molecule has 0 amide bonds. The molecule has 1 N–H and O–H groups in total. The zero-order valence-electron chi connectivity index (χ0n) is 10.6. The van der Waals surface area contributed by atoms with Crippen LogP contribution < -0.4 is 10.1 Å². The number of ether oxygens (including phenoxy) is 1. The van der Waals surface area contributed by atoms with Crippen molar-refractivity contribution < 1.29 is 4.74 Å². The molecule has 2 heteroatoms. The minimum Gasteiger partial charge on any atom is -0.494 e. The third-order valence-electron chi connectivity index (χ3n) is 2.72. The van der Waals surface area contributed by atoms with E-state index < -0.39 is 0 Å². The van der Waals surface area contributed by atoms with Crippen molar-refractivity contribution in [2.75, 3.05) is 13.2 Å². The van der Waals surface area contributed by atoms with E-state index >= 15 is 0 Å². The standard InChI is InChI=1S/C14H23NO/c1-4-13(3)15-10-5-11-16-14-8-6-12(2)7-9-14/h6-9,13,15H,4-5,10-11H2,1-3H3. The molecule has 0 fully saturated rings. The molecule has 1 atom stereocenters. The smallest absolute Gasteiger partial charge is 0.119 e. The van der Waals surface area contributed by atoms with Gasteiger partial charge in [-0.1, -0.05) is 24.6 Å². The predicted octanol–water partition coefficient (Wildman–Crippen LogP) is 3.15. The first-order valence-electron chi connectivity index (χ1n) is 6.15. The quantitative estimate of drug-likeness (QED) is 0.714. The molecule has 0 saturated heterocycles. The van der Waals surface area contributed by atoms with Crippen LogP contribution >= 0.6 is 0 Å². The Kier molecular flexibility index (Phi) is 5.94. The van der Waals surface area contributed by atoms with Crippen LogP contribution in [-0.4, -0.2) is 19.2 Å². The third kappa shape index (κ3) is 5.17. The molecule has 90 valence electrons. The van der Waals surface area contributed by atoms with Gasteiger partial charge in [0, 0.05) is 6.04 Å². The summed E-state index contributed by atoms with van der Waals surface area (Å²) in [4.78, 5) is 0. The van der Waals surface area contributed by atoms with E-state index in [9.17, 15) is 0 Å². The monoisotopic (exact) mass is 221 g/mol. The minimum atomic E-state index is 0.611.